The molecular formula is C17H25N3O2. The van der Waals surface area contributed by atoms with Crippen LogP contribution in [-0.2, 0) is 4.74 Å². The van der Waals surface area contributed by atoms with Gasteiger partial charge in [0.15, 0.2) is 0 Å². The Kier molecular flexibility index (Phi) is 4.01. The van der Waals surface area contributed by atoms with Gasteiger partial charge in [0.2, 0.25) is 5.88 Å². The van der Waals surface area contributed by atoms with Crippen molar-refractivity contribution in [2.45, 2.75) is 50.2 Å². The van der Waals surface area contributed by atoms with Gasteiger partial charge in [-0.15, -0.1) is 0 Å². The smallest absolute Gasteiger partial charge is 0.232 e. The number of hydrogen-bond acceptors (Lipinski definition) is 5. The van der Waals surface area contributed by atoms with Gasteiger partial charge in [-0.3, -0.25) is 9.88 Å². The summed E-state index contributed by atoms with van der Waals surface area (Å²) in [6, 6.07) is 0.856. The fourth-order valence-corrected chi connectivity index (χ4v) is 3.99. The summed E-state index contributed by atoms with van der Waals surface area (Å²) in [5.74, 6) is 1.35. The maximum absolute atomic E-state index is 6.14. The lowest BCUT2D eigenvalue weighted by molar-refractivity contribution is -0.195. The Bertz CT molecular complexity index is 486. The fourth-order valence-electron chi connectivity index (χ4n) is 3.99. The Morgan fingerprint density at radius 3 is 2.91 bits per heavy atom. The maximum Gasteiger partial charge on any atom is 0.232 e. The third-order valence-electron chi connectivity index (χ3n) is 5.48. The van der Waals surface area contributed by atoms with Crippen molar-refractivity contribution in [1.29, 1.82) is 0 Å². The van der Waals surface area contributed by atoms with E-state index in [0.29, 0.717) is 11.8 Å². The second-order valence-corrected chi connectivity index (χ2v) is 7.06. The van der Waals surface area contributed by atoms with Crippen molar-refractivity contribution in [1.82, 2.24) is 14.9 Å². The molecule has 3 heterocycles. The molecular weight excluding hydrogens is 278 g/mol. The second-order valence-electron chi connectivity index (χ2n) is 7.06. The van der Waals surface area contributed by atoms with Crippen LogP contribution in [0.25, 0.3) is 0 Å². The molecule has 0 N–H and O–H groups in total. The van der Waals surface area contributed by atoms with Gasteiger partial charge in [0.1, 0.15) is 0 Å². The summed E-state index contributed by atoms with van der Waals surface area (Å²) in [5, 5.41) is 0. The quantitative estimate of drug-likeness (QED) is 0.835. The van der Waals surface area contributed by atoms with E-state index in [1.54, 1.807) is 18.6 Å². The van der Waals surface area contributed by atoms with E-state index in [1.165, 1.54) is 25.7 Å². The molecule has 0 bridgehead atoms. The van der Waals surface area contributed by atoms with Gasteiger partial charge in [-0.2, -0.15) is 0 Å². The minimum Gasteiger partial charge on any atom is -0.477 e. The molecule has 4 rings (SSSR count). The van der Waals surface area contributed by atoms with Crippen LogP contribution in [-0.4, -0.2) is 52.8 Å². The highest BCUT2D eigenvalue weighted by Crippen LogP contribution is 2.41. The molecule has 3 aliphatic rings. The first-order valence-electron chi connectivity index (χ1n) is 8.60. The van der Waals surface area contributed by atoms with E-state index >= 15 is 0 Å². The number of ether oxygens (including phenoxy) is 2. The minimum absolute atomic E-state index is 0.158. The van der Waals surface area contributed by atoms with E-state index in [1.807, 2.05) is 0 Å². The molecule has 1 aromatic heterocycles. The number of likely N-dealkylation sites (tertiary alicyclic amines) is 1. The molecule has 1 aliphatic carbocycles. The molecule has 1 aromatic rings. The van der Waals surface area contributed by atoms with Crippen molar-refractivity contribution in [2.75, 3.05) is 26.3 Å². The maximum atomic E-state index is 6.14. The van der Waals surface area contributed by atoms with Crippen LogP contribution in [0.3, 0.4) is 0 Å². The van der Waals surface area contributed by atoms with Crippen molar-refractivity contribution in [3.05, 3.63) is 18.6 Å². The van der Waals surface area contributed by atoms with Crippen LogP contribution in [0.4, 0.5) is 0 Å². The van der Waals surface area contributed by atoms with Gasteiger partial charge in [0.05, 0.1) is 18.4 Å². The summed E-state index contributed by atoms with van der Waals surface area (Å²) in [6.45, 7) is 3.94. The number of hydrogen-bond donors (Lipinski definition) is 0. The van der Waals surface area contributed by atoms with Gasteiger partial charge >= 0.3 is 0 Å². The van der Waals surface area contributed by atoms with E-state index in [9.17, 15) is 0 Å². The van der Waals surface area contributed by atoms with Gasteiger partial charge < -0.3 is 9.47 Å². The predicted molar refractivity (Wildman–Crippen MR) is 82.8 cm³/mol. The zero-order chi connectivity index (χ0) is 14.8. The highest BCUT2D eigenvalue weighted by atomic mass is 16.5. The largest absolute Gasteiger partial charge is 0.477 e. The summed E-state index contributed by atoms with van der Waals surface area (Å²) in [5.41, 5.74) is 0.158. The van der Waals surface area contributed by atoms with Gasteiger partial charge in [-0.05, 0) is 38.0 Å². The van der Waals surface area contributed by atoms with E-state index < -0.39 is 0 Å². The number of aromatic nitrogens is 2. The molecule has 22 heavy (non-hydrogen) atoms. The van der Waals surface area contributed by atoms with Crippen molar-refractivity contribution in [3.8, 4) is 5.88 Å². The zero-order valence-electron chi connectivity index (χ0n) is 13.1. The molecule has 5 nitrogen and oxygen atoms in total. The van der Waals surface area contributed by atoms with Crippen LogP contribution in [0.15, 0.2) is 18.6 Å². The van der Waals surface area contributed by atoms with Crippen LogP contribution in [0.5, 0.6) is 5.88 Å². The summed E-state index contributed by atoms with van der Waals surface area (Å²) in [6.07, 6.45) is 12.7. The first-order valence-corrected chi connectivity index (χ1v) is 8.60. The van der Waals surface area contributed by atoms with Gasteiger partial charge in [0.25, 0.3) is 0 Å². The summed E-state index contributed by atoms with van der Waals surface area (Å²) in [4.78, 5) is 10.8. The van der Waals surface area contributed by atoms with Gasteiger partial charge in [-0.1, -0.05) is 6.42 Å². The number of rotatable bonds is 5. The van der Waals surface area contributed by atoms with E-state index in [2.05, 4.69) is 14.9 Å². The lowest BCUT2D eigenvalue weighted by Crippen LogP contribution is -2.68. The molecule has 0 radical (unpaired) electrons. The third kappa shape index (κ3) is 2.97. The first-order chi connectivity index (χ1) is 10.8. The van der Waals surface area contributed by atoms with Crippen LogP contribution in [0, 0.1) is 5.92 Å². The van der Waals surface area contributed by atoms with E-state index in [4.69, 9.17) is 9.47 Å². The number of nitrogens with zero attached hydrogens (tertiary/aromatic N) is 3. The van der Waals surface area contributed by atoms with Gasteiger partial charge in [-0.25, -0.2) is 4.98 Å². The lowest BCUT2D eigenvalue weighted by Gasteiger charge is -2.57. The standard InChI is InChI=1S/C17H25N3O2/c1-2-15(3-1)20-12-17(13-20)10-14(5-9-22-17)4-8-21-16-11-18-6-7-19-16/h6-7,11,14-15H,1-5,8-10,12-13H2/t14-/m0/s1. The summed E-state index contributed by atoms with van der Waals surface area (Å²) in [7, 11) is 0. The molecule has 1 saturated carbocycles. The average Bonchev–Trinajstić information content (AvgIpc) is 2.46. The zero-order valence-corrected chi connectivity index (χ0v) is 13.1. The third-order valence-corrected chi connectivity index (χ3v) is 5.48. The van der Waals surface area contributed by atoms with Crippen LogP contribution < -0.4 is 4.74 Å². The molecule has 0 amide bonds. The molecule has 5 heteroatoms. The van der Waals surface area contributed by atoms with Crippen LogP contribution in [0.1, 0.15) is 38.5 Å². The fraction of sp³-hybridized carbons (Fsp3) is 0.765. The Hall–Kier alpha value is -1.20. The molecule has 0 unspecified atom stereocenters. The van der Waals surface area contributed by atoms with Gasteiger partial charge in [0, 0.05) is 38.1 Å². The molecule has 120 valence electrons. The molecule has 2 aliphatic heterocycles. The van der Waals surface area contributed by atoms with Crippen molar-refractivity contribution >= 4 is 0 Å². The van der Waals surface area contributed by atoms with Crippen molar-refractivity contribution in [3.63, 3.8) is 0 Å². The highest BCUT2D eigenvalue weighted by molar-refractivity contribution is 5.04. The van der Waals surface area contributed by atoms with Crippen molar-refractivity contribution in [2.24, 2.45) is 5.92 Å². The summed E-state index contributed by atoms with van der Waals surface area (Å²) < 4.78 is 11.8. The topological polar surface area (TPSA) is 47.5 Å². The Morgan fingerprint density at radius 2 is 2.18 bits per heavy atom. The Labute approximate surface area is 132 Å². The van der Waals surface area contributed by atoms with Crippen LogP contribution >= 0.6 is 0 Å². The van der Waals surface area contributed by atoms with E-state index in [0.717, 1.165) is 45.2 Å². The average molecular weight is 303 g/mol. The summed E-state index contributed by atoms with van der Waals surface area (Å²) >= 11 is 0. The molecule has 1 atom stereocenters. The predicted octanol–water partition coefficient (Wildman–Crippen LogP) is 2.28. The molecule has 0 aromatic carbocycles. The SMILES string of the molecule is c1cnc(OCC[C@H]2CCOC3(C2)CN(C2CCC2)C3)cn1. The normalized spacial score (nSPS) is 28.1. The Balaban J connectivity index is 1.22. The van der Waals surface area contributed by atoms with Crippen molar-refractivity contribution < 1.29 is 9.47 Å². The minimum atomic E-state index is 0.158. The Morgan fingerprint density at radius 1 is 1.27 bits per heavy atom. The molecule has 1 spiro atoms. The molecule has 3 fully saturated rings. The second kappa shape index (κ2) is 6.13. The van der Waals surface area contributed by atoms with E-state index in [-0.39, 0.29) is 5.60 Å². The lowest BCUT2D eigenvalue weighted by atomic mass is 9.76. The monoisotopic (exact) mass is 303 g/mol. The van der Waals surface area contributed by atoms with Crippen LogP contribution in [0.2, 0.25) is 0 Å². The first kappa shape index (κ1) is 14.4. The molecule has 2 saturated heterocycles. The highest BCUT2D eigenvalue weighted by Gasteiger charge is 2.49.